The van der Waals surface area contributed by atoms with Crippen molar-refractivity contribution in [2.45, 2.75) is 6.92 Å². The molecule has 2 rings (SSSR count). The molecule has 2 N–H and O–H groups in total. The van der Waals surface area contributed by atoms with Crippen LogP contribution < -0.4 is 10.6 Å². The van der Waals surface area contributed by atoms with Crippen LogP contribution in [-0.4, -0.2) is 63.1 Å². The molecule has 1 aromatic heterocycles. The topological polar surface area (TPSA) is 96.2 Å². The molecule has 0 aliphatic carbocycles. The molecule has 2 atom stereocenters. The third-order valence-electron chi connectivity index (χ3n) is 4.07. The number of hydrogen-bond donors (Lipinski definition) is 2. The molecule has 1 aliphatic rings. The summed E-state index contributed by atoms with van der Waals surface area (Å²) >= 11 is 0. The first-order valence-corrected chi connectivity index (χ1v) is 7.92. The minimum atomic E-state index is -0.252. The molecule has 2 heterocycles. The molecule has 0 saturated carbocycles. The Bertz CT molecular complexity index is 585. The number of rotatable bonds is 5. The number of carbonyl (C=O) groups excluding carboxylic acids is 2. The molecule has 0 aromatic carbocycles. The van der Waals surface area contributed by atoms with Crippen molar-refractivity contribution in [3.8, 4) is 0 Å². The van der Waals surface area contributed by atoms with Crippen LogP contribution in [0.15, 0.2) is 27.8 Å². The van der Waals surface area contributed by atoms with E-state index < -0.39 is 0 Å². The number of guanidine groups is 1. The zero-order valence-corrected chi connectivity index (χ0v) is 14.2. The Labute approximate surface area is 141 Å². The fourth-order valence-corrected chi connectivity index (χ4v) is 2.78. The van der Waals surface area contributed by atoms with Crippen LogP contribution in [0.4, 0.5) is 0 Å². The molecule has 0 bridgehead atoms. The predicted molar refractivity (Wildman–Crippen MR) is 88.6 cm³/mol. The molecule has 0 spiro atoms. The highest BCUT2D eigenvalue weighted by molar-refractivity contribution is 5.91. The average Bonchev–Trinajstić information content (AvgIpc) is 3.24. The predicted octanol–water partition coefficient (Wildman–Crippen LogP) is 0.326. The number of methoxy groups -OCH3 is 1. The van der Waals surface area contributed by atoms with E-state index in [4.69, 9.17) is 9.15 Å². The summed E-state index contributed by atoms with van der Waals surface area (Å²) in [7, 11) is 3.10. The van der Waals surface area contributed by atoms with Gasteiger partial charge in [0, 0.05) is 33.2 Å². The van der Waals surface area contributed by atoms with Crippen LogP contribution in [0, 0.1) is 11.8 Å². The number of amides is 1. The van der Waals surface area contributed by atoms with Crippen molar-refractivity contribution < 1.29 is 18.7 Å². The minimum absolute atomic E-state index is 0.146. The van der Waals surface area contributed by atoms with Crippen LogP contribution in [0.5, 0.6) is 0 Å². The molecule has 1 saturated heterocycles. The van der Waals surface area contributed by atoms with Gasteiger partial charge < -0.3 is 24.7 Å². The normalized spacial score (nSPS) is 20.8. The second kappa shape index (κ2) is 8.37. The van der Waals surface area contributed by atoms with Crippen molar-refractivity contribution in [2.75, 3.05) is 40.3 Å². The number of furan rings is 1. The number of nitrogens with one attached hydrogen (secondary N) is 2. The number of likely N-dealkylation sites (tertiary alicyclic amines) is 1. The fourth-order valence-electron chi connectivity index (χ4n) is 2.78. The van der Waals surface area contributed by atoms with Gasteiger partial charge >= 0.3 is 5.97 Å². The van der Waals surface area contributed by atoms with E-state index in [0.29, 0.717) is 25.6 Å². The summed E-state index contributed by atoms with van der Waals surface area (Å²) in [5.74, 6) is 0.611. The maximum Gasteiger partial charge on any atom is 0.310 e. The van der Waals surface area contributed by atoms with E-state index in [9.17, 15) is 9.59 Å². The fraction of sp³-hybridized carbons (Fsp3) is 0.562. The van der Waals surface area contributed by atoms with Crippen LogP contribution in [0.1, 0.15) is 17.5 Å². The summed E-state index contributed by atoms with van der Waals surface area (Å²) in [6.07, 6.45) is 1.46. The van der Waals surface area contributed by atoms with Crippen molar-refractivity contribution in [2.24, 2.45) is 16.8 Å². The molecule has 24 heavy (non-hydrogen) atoms. The molecule has 132 valence electrons. The van der Waals surface area contributed by atoms with Gasteiger partial charge in [0.2, 0.25) is 0 Å². The molecule has 1 aliphatic heterocycles. The summed E-state index contributed by atoms with van der Waals surface area (Å²) in [4.78, 5) is 29.8. The van der Waals surface area contributed by atoms with Crippen LogP contribution in [0.3, 0.4) is 0 Å². The number of esters is 1. The Kier molecular flexibility index (Phi) is 6.22. The van der Waals surface area contributed by atoms with Gasteiger partial charge in [0.15, 0.2) is 11.7 Å². The van der Waals surface area contributed by atoms with Crippen molar-refractivity contribution >= 4 is 17.8 Å². The van der Waals surface area contributed by atoms with Crippen molar-refractivity contribution in [1.29, 1.82) is 0 Å². The zero-order valence-electron chi connectivity index (χ0n) is 14.2. The Morgan fingerprint density at radius 1 is 1.38 bits per heavy atom. The lowest BCUT2D eigenvalue weighted by molar-refractivity contribution is -0.145. The second-order valence-electron chi connectivity index (χ2n) is 5.72. The highest BCUT2D eigenvalue weighted by atomic mass is 16.5. The smallest absolute Gasteiger partial charge is 0.310 e. The number of ether oxygens (including phenoxy) is 1. The molecular formula is C16H24N4O4. The third-order valence-corrected chi connectivity index (χ3v) is 4.07. The Morgan fingerprint density at radius 2 is 2.12 bits per heavy atom. The van der Waals surface area contributed by atoms with Crippen molar-refractivity contribution in [3.63, 3.8) is 0 Å². The SMILES string of the molecule is CN=C(NCCNC(=O)c1ccco1)N1CC(C)C(C(=O)OC)C1. The largest absolute Gasteiger partial charge is 0.469 e. The first kappa shape index (κ1) is 17.8. The molecule has 1 fully saturated rings. The summed E-state index contributed by atoms with van der Waals surface area (Å²) in [5.41, 5.74) is 0. The van der Waals surface area contributed by atoms with Gasteiger partial charge in [-0.25, -0.2) is 0 Å². The van der Waals surface area contributed by atoms with Crippen LogP contribution in [0.2, 0.25) is 0 Å². The van der Waals surface area contributed by atoms with Crippen LogP contribution in [0.25, 0.3) is 0 Å². The van der Waals surface area contributed by atoms with Crippen molar-refractivity contribution in [1.82, 2.24) is 15.5 Å². The molecule has 8 nitrogen and oxygen atoms in total. The summed E-state index contributed by atoms with van der Waals surface area (Å²) in [6, 6.07) is 3.28. The van der Waals surface area contributed by atoms with Crippen LogP contribution >= 0.6 is 0 Å². The maximum absolute atomic E-state index is 11.8. The first-order valence-electron chi connectivity index (χ1n) is 7.92. The highest BCUT2D eigenvalue weighted by Gasteiger charge is 2.36. The van der Waals surface area contributed by atoms with Gasteiger partial charge in [0.05, 0.1) is 19.3 Å². The van der Waals surface area contributed by atoms with Gasteiger partial charge in [0.1, 0.15) is 0 Å². The lowest BCUT2D eigenvalue weighted by Gasteiger charge is -2.21. The third kappa shape index (κ3) is 4.27. The molecule has 2 unspecified atom stereocenters. The molecule has 1 amide bonds. The van der Waals surface area contributed by atoms with E-state index in [-0.39, 0.29) is 29.5 Å². The van der Waals surface area contributed by atoms with Gasteiger partial charge in [-0.1, -0.05) is 6.92 Å². The minimum Gasteiger partial charge on any atom is -0.469 e. The van der Waals surface area contributed by atoms with E-state index in [2.05, 4.69) is 15.6 Å². The Balaban J connectivity index is 1.77. The Morgan fingerprint density at radius 3 is 2.75 bits per heavy atom. The Hall–Kier alpha value is -2.51. The molecule has 8 heteroatoms. The van der Waals surface area contributed by atoms with Gasteiger partial charge in [-0.05, 0) is 18.1 Å². The number of carbonyl (C=O) groups is 2. The first-order chi connectivity index (χ1) is 11.6. The monoisotopic (exact) mass is 336 g/mol. The van der Waals surface area contributed by atoms with E-state index in [1.807, 2.05) is 11.8 Å². The average molecular weight is 336 g/mol. The number of aliphatic imine (C=N–C) groups is 1. The van der Waals surface area contributed by atoms with E-state index >= 15 is 0 Å². The lowest BCUT2D eigenvalue weighted by Crippen LogP contribution is -2.43. The quantitative estimate of drug-likeness (QED) is 0.348. The summed E-state index contributed by atoms with van der Waals surface area (Å²) in [5, 5.41) is 5.95. The second-order valence-corrected chi connectivity index (χ2v) is 5.72. The van der Waals surface area contributed by atoms with Gasteiger partial charge in [-0.3, -0.25) is 14.6 Å². The van der Waals surface area contributed by atoms with E-state index in [0.717, 1.165) is 6.54 Å². The van der Waals surface area contributed by atoms with Gasteiger partial charge in [-0.15, -0.1) is 0 Å². The number of hydrogen-bond acceptors (Lipinski definition) is 5. The van der Waals surface area contributed by atoms with E-state index in [1.165, 1.54) is 13.4 Å². The molecule has 0 radical (unpaired) electrons. The maximum atomic E-state index is 11.8. The standard InChI is InChI=1S/C16H24N4O4/c1-11-9-20(10-12(11)15(22)23-3)16(17-2)19-7-6-18-14(21)13-5-4-8-24-13/h4-5,8,11-12H,6-7,9-10H2,1-3H3,(H,17,19)(H,18,21). The summed E-state index contributed by atoms with van der Waals surface area (Å²) in [6.45, 7) is 4.29. The highest BCUT2D eigenvalue weighted by Crippen LogP contribution is 2.23. The van der Waals surface area contributed by atoms with Crippen LogP contribution in [-0.2, 0) is 9.53 Å². The number of nitrogens with zero attached hydrogens (tertiary/aromatic N) is 2. The zero-order chi connectivity index (χ0) is 17.5. The van der Waals surface area contributed by atoms with Crippen molar-refractivity contribution in [3.05, 3.63) is 24.2 Å². The lowest BCUT2D eigenvalue weighted by atomic mass is 9.99. The van der Waals surface area contributed by atoms with E-state index in [1.54, 1.807) is 19.2 Å². The summed E-state index contributed by atoms with van der Waals surface area (Å²) < 4.78 is 9.87. The molecular weight excluding hydrogens is 312 g/mol. The molecule has 1 aromatic rings. The van der Waals surface area contributed by atoms with Gasteiger partial charge in [-0.2, -0.15) is 0 Å². The van der Waals surface area contributed by atoms with Gasteiger partial charge in [0.25, 0.3) is 5.91 Å².